The quantitative estimate of drug-likeness (QED) is 0.834. The van der Waals surface area contributed by atoms with Gasteiger partial charge in [0.2, 0.25) is 0 Å². The fourth-order valence-electron chi connectivity index (χ4n) is 2.08. The first-order valence-electron chi connectivity index (χ1n) is 5.26. The first kappa shape index (κ1) is 13.8. The predicted octanol–water partition coefficient (Wildman–Crippen LogP) is 3.17. The summed E-state index contributed by atoms with van der Waals surface area (Å²) in [4.78, 5) is 9.14. The highest BCUT2D eigenvalue weighted by Gasteiger charge is 2.32. The SMILES string of the molecule is Cc1ccnc(C(S(C)(C)C)S(C)(C)C)n1. The van der Waals surface area contributed by atoms with Gasteiger partial charge in [0.25, 0.3) is 0 Å². The molecule has 0 fully saturated rings. The lowest BCUT2D eigenvalue weighted by Crippen LogP contribution is -2.17. The Morgan fingerprint density at radius 3 is 1.88 bits per heavy atom. The van der Waals surface area contributed by atoms with Crippen molar-refractivity contribution in [2.75, 3.05) is 37.5 Å². The van der Waals surface area contributed by atoms with Crippen LogP contribution >= 0.6 is 20.1 Å². The van der Waals surface area contributed by atoms with Crippen LogP contribution in [-0.2, 0) is 0 Å². The third kappa shape index (κ3) is 3.39. The van der Waals surface area contributed by atoms with Crippen LogP contribution in [0.4, 0.5) is 0 Å². The topological polar surface area (TPSA) is 25.8 Å². The van der Waals surface area contributed by atoms with E-state index in [2.05, 4.69) is 47.5 Å². The van der Waals surface area contributed by atoms with Crippen LogP contribution in [-0.4, -0.2) is 47.5 Å². The smallest absolute Gasteiger partial charge is 0.148 e. The molecule has 1 heterocycles. The van der Waals surface area contributed by atoms with Crippen LogP contribution in [0.2, 0.25) is 0 Å². The molecule has 2 nitrogen and oxygen atoms in total. The predicted molar refractivity (Wildman–Crippen MR) is 80.2 cm³/mol. The van der Waals surface area contributed by atoms with E-state index in [4.69, 9.17) is 0 Å². The van der Waals surface area contributed by atoms with E-state index in [0.29, 0.717) is 4.58 Å². The Bertz CT molecular complexity index is 350. The van der Waals surface area contributed by atoms with E-state index in [-0.39, 0.29) is 0 Å². The maximum Gasteiger partial charge on any atom is 0.148 e. The second-order valence-corrected chi connectivity index (χ2v) is 14.7. The summed E-state index contributed by atoms with van der Waals surface area (Å²) in [5.41, 5.74) is 1.07. The molecule has 0 unspecified atom stereocenters. The van der Waals surface area contributed by atoms with Gasteiger partial charge in [-0.1, -0.05) is 0 Å². The van der Waals surface area contributed by atoms with Crippen molar-refractivity contribution >= 4 is 20.1 Å². The Hall–Kier alpha value is -0.220. The van der Waals surface area contributed by atoms with Gasteiger partial charge in [-0.2, -0.15) is 0 Å². The Kier molecular flexibility index (Phi) is 3.95. The molecule has 0 bridgehead atoms. The largest absolute Gasteiger partial charge is 0.239 e. The molecule has 0 saturated heterocycles. The van der Waals surface area contributed by atoms with E-state index in [1.54, 1.807) is 0 Å². The second-order valence-electron chi connectivity index (χ2n) is 5.75. The highest BCUT2D eigenvalue weighted by atomic mass is 32.3. The zero-order valence-corrected chi connectivity index (χ0v) is 13.1. The van der Waals surface area contributed by atoms with Gasteiger partial charge >= 0.3 is 0 Å². The fraction of sp³-hybridized carbons (Fsp3) is 0.667. The molecule has 0 radical (unpaired) electrons. The van der Waals surface area contributed by atoms with Crippen LogP contribution in [0.5, 0.6) is 0 Å². The standard InChI is InChI=1S/C12H24N2S2/c1-10-8-9-13-11(14-10)12(15(2,3)4)16(5,6)7/h8-9,12H,1-7H3. The number of hydrogen-bond acceptors (Lipinski definition) is 2. The molecule has 1 aromatic rings. The summed E-state index contributed by atoms with van der Waals surface area (Å²) < 4.78 is 0.528. The summed E-state index contributed by atoms with van der Waals surface area (Å²) >= 11 is 0. The highest BCUT2D eigenvalue weighted by Crippen LogP contribution is 2.67. The number of aromatic nitrogens is 2. The van der Waals surface area contributed by atoms with Crippen molar-refractivity contribution in [3.05, 3.63) is 23.8 Å². The Labute approximate surface area is 103 Å². The maximum atomic E-state index is 4.64. The lowest BCUT2D eigenvalue weighted by Gasteiger charge is -2.46. The van der Waals surface area contributed by atoms with Crippen LogP contribution in [0, 0.1) is 6.92 Å². The number of hydrogen-bond donors (Lipinski definition) is 0. The third-order valence-corrected chi connectivity index (χ3v) is 8.76. The van der Waals surface area contributed by atoms with Gasteiger partial charge in [-0.15, -0.1) is 0 Å². The lowest BCUT2D eigenvalue weighted by molar-refractivity contribution is 0.978. The first-order valence-corrected chi connectivity index (χ1v) is 11.1. The number of aryl methyl sites for hydroxylation is 1. The van der Waals surface area contributed by atoms with Gasteiger partial charge in [0, 0.05) is 11.9 Å². The van der Waals surface area contributed by atoms with Crippen LogP contribution in [0.15, 0.2) is 12.3 Å². The van der Waals surface area contributed by atoms with E-state index >= 15 is 0 Å². The van der Waals surface area contributed by atoms with Crippen molar-refractivity contribution < 1.29 is 0 Å². The molecule has 0 aromatic carbocycles. The molecule has 0 aliphatic rings. The minimum absolute atomic E-state index is 0.528. The minimum Gasteiger partial charge on any atom is -0.239 e. The molecule has 94 valence electrons. The van der Waals surface area contributed by atoms with Gasteiger partial charge in [0.15, 0.2) is 0 Å². The van der Waals surface area contributed by atoms with Gasteiger partial charge < -0.3 is 0 Å². The molecule has 0 N–H and O–H groups in total. The molecule has 0 amide bonds. The van der Waals surface area contributed by atoms with Crippen molar-refractivity contribution in [3.8, 4) is 0 Å². The van der Waals surface area contributed by atoms with E-state index in [0.717, 1.165) is 11.5 Å². The molecular formula is C12H24N2S2. The van der Waals surface area contributed by atoms with Crippen LogP contribution < -0.4 is 0 Å². The number of rotatable bonds is 3. The van der Waals surface area contributed by atoms with Gasteiger partial charge in [-0.25, -0.2) is 30.0 Å². The molecule has 0 aliphatic heterocycles. The Morgan fingerprint density at radius 1 is 1.00 bits per heavy atom. The van der Waals surface area contributed by atoms with Gasteiger partial charge in [0.1, 0.15) is 5.82 Å². The van der Waals surface area contributed by atoms with E-state index in [9.17, 15) is 0 Å². The van der Waals surface area contributed by atoms with Gasteiger partial charge in [-0.3, -0.25) is 0 Å². The van der Waals surface area contributed by atoms with Crippen molar-refractivity contribution in [2.24, 2.45) is 0 Å². The average molecular weight is 260 g/mol. The van der Waals surface area contributed by atoms with E-state index in [1.807, 2.05) is 19.2 Å². The van der Waals surface area contributed by atoms with Crippen molar-refractivity contribution in [1.29, 1.82) is 0 Å². The summed E-state index contributed by atoms with van der Waals surface area (Å²) in [5.74, 6) is 1.05. The monoisotopic (exact) mass is 260 g/mol. The highest BCUT2D eigenvalue weighted by molar-refractivity contribution is 8.47. The van der Waals surface area contributed by atoms with Crippen molar-refractivity contribution in [3.63, 3.8) is 0 Å². The zero-order valence-electron chi connectivity index (χ0n) is 11.4. The van der Waals surface area contributed by atoms with E-state index in [1.165, 1.54) is 0 Å². The molecular weight excluding hydrogens is 236 g/mol. The third-order valence-electron chi connectivity index (χ3n) is 2.31. The molecule has 16 heavy (non-hydrogen) atoms. The maximum absolute atomic E-state index is 4.64. The second kappa shape index (κ2) is 4.57. The van der Waals surface area contributed by atoms with Crippen LogP contribution in [0.25, 0.3) is 0 Å². The molecule has 0 saturated carbocycles. The molecule has 0 spiro atoms. The normalized spacial score (nSPS) is 15.2. The van der Waals surface area contributed by atoms with Crippen LogP contribution in [0.1, 0.15) is 16.1 Å². The summed E-state index contributed by atoms with van der Waals surface area (Å²) in [5, 5.41) is 0. The zero-order chi connectivity index (χ0) is 12.6. The summed E-state index contributed by atoms with van der Waals surface area (Å²) in [7, 11) is -1.36. The molecule has 4 heteroatoms. The average Bonchev–Trinajstić information content (AvgIpc) is 1.97. The molecule has 1 aromatic heterocycles. The Morgan fingerprint density at radius 2 is 1.50 bits per heavy atom. The fourth-order valence-corrected chi connectivity index (χ4v) is 10.5. The summed E-state index contributed by atoms with van der Waals surface area (Å²) in [6.45, 7) is 2.04. The van der Waals surface area contributed by atoms with Crippen LogP contribution in [0.3, 0.4) is 0 Å². The van der Waals surface area contributed by atoms with Gasteiger partial charge in [0.05, 0.1) is 4.58 Å². The molecule has 1 rings (SSSR count). The molecule has 0 aliphatic carbocycles. The van der Waals surface area contributed by atoms with Gasteiger partial charge in [-0.05, 0) is 50.5 Å². The van der Waals surface area contributed by atoms with Crippen molar-refractivity contribution in [1.82, 2.24) is 9.97 Å². The summed E-state index contributed by atoms with van der Waals surface area (Å²) in [6.07, 6.45) is 16.1. The van der Waals surface area contributed by atoms with Crippen molar-refractivity contribution in [2.45, 2.75) is 11.5 Å². The first-order chi connectivity index (χ1) is 7.12. The number of nitrogens with zero attached hydrogens (tertiary/aromatic N) is 2. The Balaban J connectivity index is 3.23. The molecule has 0 atom stereocenters. The van der Waals surface area contributed by atoms with E-state index < -0.39 is 20.1 Å². The minimum atomic E-state index is -0.680. The lowest BCUT2D eigenvalue weighted by atomic mass is 10.4. The summed E-state index contributed by atoms with van der Waals surface area (Å²) in [6, 6.07) is 1.97.